The van der Waals surface area contributed by atoms with Crippen LogP contribution in [0, 0.1) is 0 Å². The van der Waals surface area contributed by atoms with Crippen LogP contribution < -0.4 is 0 Å². The summed E-state index contributed by atoms with van der Waals surface area (Å²) in [4.78, 5) is 37.5. The largest absolute Gasteiger partial charge is 0.462 e. The molecule has 234 valence electrons. The Morgan fingerprint density at radius 3 is 1.76 bits per heavy atom. The Morgan fingerprint density at radius 1 is 0.732 bits per heavy atom. The van der Waals surface area contributed by atoms with Gasteiger partial charge in [-0.25, -0.2) is 4.79 Å². The van der Waals surface area contributed by atoms with E-state index in [-0.39, 0.29) is 38.2 Å². The molecule has 1 rings (SSSR count). The molecular weight excluding hydrogens is 518 g/mol. The fourth-order valence-electron chi connectivity index (χ4n) is 4.73. The Bertz CT molecular complexity index is 803. The third kappa shape index (κ3) is 20.9. The van der Waals surface area contributed by atoms with Crippen molar-refractivity contribution < 1.29 is 28.6 Å². The number of nitrogens with zero attached hydrogens (tertiary/aromatic N) is 1. The number of ether oxygens (including phenoxy) is 3. The van der Waals surface area contributed by atoms with E-state index >= 15 is 0 Å². The van der Waals surface area contributed by atoms with Crippen molar-refractivity contribution in [3.8, 4) is 0 Å². The molecule has 0 amide bonds. The number of hydrogen-bond acceptors (Lipinski definition) is 7. The summed E-state index contributed by atoms with van der Waals surface area (Å²) in [7, 11) is 0. The summed E-state index contributed by atoms with van der Waals surface area (Å²) in [6.07, 6.45) is 27.7. The van der Waals surface area contributed by atoms with Crippen molar-refractivity contribution in [1.82, 2.24) is 4.90 Å². The lowest BCUT2D eigenvalue weighted by molar-refractivity contribution is -0.152. The first-order chi connectivity index (χ1) is 19.9. The number of esters is 3. The van der Waals surface area contributed by atoms with E-state index in [1.807, 2.05) is 12.2 Å². The molecule has 0 radical (unpaired) electrons. The van der Waals surface area contributed by atoms with E-state index in [4.69, 9.17) is 14.2 Å². The van der Waals surface area contributed by atoms with Crippen molar-refractivity contribution in [2.75, 3.05) is 32.9 Å². The highest BCUT2D eigenvalue weighted by molar-refractivity contribution is 5.86. The van der Waals surface area contributed by atoms with Crippen LogP contribution in [-0.2, 0) is 28.6 Å². The van der Waals surface area contributed by atoms with Crippen LogP contribution in [0.1, 0.15) is 129 Å². The van der Waals surface area contributed by atoms with E-state index < -0.39 is 17.9 Å². The van der Waals surface area contributed by atoms with Crippen LogP contribution in [0.5, 0.6) is 0 Å². The lowest BCUT2D eigenvalue weighted by atomic mass is 10.0. The first-order valence-electron chi connectivity index (χ1n) is 16.2. The first kappa shape index (κ1) is 36.5. The Hall–Kier alpha value is -2.57. The van der Waals surface area contributed by atoms with Gasteiger partial charge in [0, 0.05) is 18.7 Å². The van der Waals surface area contributed by atoms with Crippen molar-refractivity contribution in [2.45, 2.75) is 129 Å². The zero-order chi connectivity index (χ0) is 30.0. The summed E-state index contributed by atoms with van der Waals surface area (Å²) < 4.78 is 15.2. The summed E-state index contributed by atoms with van der Waals surface area (Å²) in [6.45, 7) is 9.18. The summed E-state index contributed by atoms with van der Waals surface area (Å²) in [5, 5.41) is 0. The van der Waals surface area contributed by atoms with Gasteiger partial charge in [-0.05, 0) is 19.4 Å². The second kappa shape index (κ2) is 25.2. The van der Waals surface area contributed by atoms with Gasteiger partial charge in [0.15, 0.2) is 0 Å². The van der Waals surface area contributed by atoms with E-state index in [2.05, 4.69) is 24.5 Å². The van der Waals surface area contributed by atoms with Gasteiger partial charge in [-0.15, -0.1) is 0 Å². The van der Waals surface area contributed by atoms with Crippen molar-refractivity contribution in [1.29, 1.82) is 0 Å². The third-order valence-corrected chi connectivity index (χ3v) is 7.28. The second-order valence-electron chi connectivity index (χ2n) is 11.1. The first-order valence-corrected chi connectivity index (χ1v) is 16.2. The number of allylic oxidation sites excluding steroid dienone is 2. The average molecular weight is 576 g/mol. The molecule has 0 fully saturated rings. The molecule has 0 saturated heterocycles. The molecule has 0 aromatic carbocycles. The summed E-state index contributed by atoms with van der Waals surface area (Å²) in [6, 6.07) is 0. The van der Waals surface area contributed by atoms with Gasteiger partial charge in [0.1, 0.15) is 19.8 Å². The second-order valence-corrected chi connectivity index (χ2v) is 11.1. The van der Waals surface area contributed by atoms with Crippen LogP contribution in [0.3, 0.4) is 0 Å². The van der Waals surface area contributed by atoms with Crippen LogP contribution in [0.15, 0.2) is 36.1 Å². The maximum absolute atomic E-state index is 12.1. The van der Waals surface area contributed by atoms with Gasteiger partial charge in [-0.3, -0.25) is 9.59 Å². The number of unbranched alkanes of at least 4 members (excludes halogenated alkanes) is 15. The molecule has 0 N–H and O–H groups in total. The lowest BCUT2D eigenvalue weighted by Crippen LogP contribution is -2.29. The quantitative estimate of drug-likeness (QED) is 0.0447. The smallest absolute Gasteiger partial charge is 0.333 e. The highest BCUT2D eigenvalue weighted by Crippen LogP contribution is 2.16. The van der Waals surface area contributed by atoms with Crippen LogP contribution in [0.2, 0.25) is 0 Å². The van der Waals surface area contributed by atoms with E-state index in [0.717, 1.165) is 25.2 Å². The Morgan fingerprint density at radius 2 is 1.22 bits per heavy atom. The average Bonchev–Trinajstić information content (AvgIpc) is 2.97. The van der Waals surface area contributed by atoms with Crippen LogP contribution in [-0.4, -0.2) is 55.7 Å². The molecule has 0 aliphatic carbocycles. The maximum Gasteiger partial charge on any atom is 0.333 e. The van der Waals surface area contributed by atoms with Gasteiger partial charge in [0.25, 0.3) is 0 Å². The molecule has 0 atom stereocenters. The number of carbonyl (C=O) groups excluding carboxylic acids is 3. The van der Waals surface area contributed by atoms with E-state index in [1.165, 1.54) is 96.3 Å². The van der Waals surface area contributed by atoms with Crippen LogP contribution in [0.4, 0.5) is 0 Å². The standard InChI is InChI=1S/C34H57NO6/c1-4-5-6-7-8-9-10-11-12-13-14-15-16-17-18-20-25-35-26-21-19-22-31(35)29-41-33(37)24-23-32(36)39-27-28-40-34(38)30(2)3/h19,21-22H,2,4-18,20,23-29H2,1,3H3. The summed E-state index contributed by atoms with van der Waals surface area (Å²) >= 11 is 0. The van der Waals surface area contributed by atoms with Gasteiger partial charge in [0.05, 0.1) is 18.5 Å². The van der Waals surface area contributed by atoms with E-state index in [9.17, 15) is 14.4 Å². The predicted octanol–water partition coefficient (Wildman–Crippen LogP) is 7.99. The molecular formula is C34H57NO6. The van der Waals surface area contributed by atoms with Crippen molar-refractivity contribution in [2.24, 2.45) is 0 Å². The molecule has 1 heterocycles. The van der Waals surface area contributed by atoms with Gasteiger partial charge < -0.3 is 19.1 Å². The molecule has 0 aromatic rings. The minimum absolute atomic E-state index is 0.0429. The Kier molecular flexibility index (Phi) is 22.4. The zero-order valence-corrected chi connectivity index (χ0v) is 26.1. The molecule has 1 aliphatic rings. The van der Waals surface area contributed by atoms with Crippen molar-refractivity contribution in [3.63, 3.8) is 0 Å². The number of rotatable bonds is 26. The molecule has 0 aromatic heterocycles. The molecule has 0 bridgehead atoms. The lowest BCUT2D eigenvalue weighted by Gasteiger charge is -2.28. The van der Waals surface area contributed by atoms with Gasteiger partial charge in [0.2, 0.25) is 0 Å². The topological polar surface area (TPSA) is 82.1 Å². The SMILES string of the molecule is C=C(C)C(=O)OCCOC(=O)CCC(=O)OCC1=CC=CCN1CCCCCCCCCCCCCCCCCC. The highest BCUT2D eigenvalue weighted by atomic mass is 16.6. The molecule has 0 unspecified atom stereocenters. The molecule has 7 nitrogen and oxygen atoms in total. The highest BCUT2D eigenvalue weighted by Gasteiger charge is 2.14. The molecule has 0 spiro atoms. The minimum atomic E-state index is -0.529. The van der Waals surface area contributed by atoms with Crippen LogP contribution in [0.25, 0.3) is 0 Å². The Balaban J connectivity index is 2.02. The molecule has 7 heteroatoms. The van der Waals surface area contributed by atoms with Gasteiger partial charge in [-0.2, -0.15) is 0 Å². The number of hydrogen-bond donors (Lipinski definition) is 0. The van der Waals surface area contributed by atoms with E-state index in [0.29, 0.717) is 0 Å². The van der Waals surface area contributed by atoms with E-state index in [1.54, 1.807) is 6.92 Å². The normalized spacial score (nSPS) is 12.6. The summed E-state index contributed by atoms with van der Waals surface area (Å²) in [5.74, 6) is -1.49. The number of carbonyl (C=O) groups is 3. The van der Waals surface area contributed by atoms with Gasteiger partial charge in [-0.1, -0.05) is 122 Å². The zero-order valence-electron chi connectivity index (χ0n) is 26.1. The fourth-order valence-corrected chi connectivity index (χ4v) is 4.73. The van der Waals surface area contributed by atoms with Crippen molar-refractivity contribution >= 4 is 17.9 Å². The third-order valence-electron chi connectivity index (χ3n) is 7.28. The maximum atomic E-state index is 12.1. The Labute approximate surface area is 249 Å². The van der Waals surface area contributed by atoms with Crippen LogP contribution >= 0.6 is 0 Å². The monoisotopic (exact) mass is 575 g/mol. The fraction of sp³-hybridized carbons (Fsp3) is 0.735. The van der Waals surface area contributed by atoms with Crippen molar-refractivity contribution in [3.05, 3.63) is 36.1 Å². The molecule has 41 heavy (non-hydrogen) atoms. The van der Waals surface area contributed by atoms with Gasteiger partial charge >= 0.3 is 17.9 Å². The minimum Gasteiger partial charge on any atom is -0.462 e. The molecule has 0 saturated carbocycles. The predicted molar refractivity (Wildman–Crippen MR) is 165 cm³/mol. The summed E-state index contributed by atoms with van der Waals surface area (Å²) in [5.41, 5.74) is 1.27. The molecule has 1 aliphatic heterocycles.